The molecule has 1 aromatic rings. The van der Waals surface area contributed by atoms with E-state index in [1.807, 2.05) is 25.6 Å². The summed E-state index contributed by atoms with van der Waals surface area (Å²) < 4.78 is 5.64. The van der Waals surface area contributed by atoms with Crippen LogP contribution in [0.5, 0.6) is 5.75 Å². The van der Waals surface area contributed by atoms with Gasteiger partial charge in [0.25, 0.3) is 0 Å². The Balaban J connectivity index is 1.78. The SMILES string of the molecule is CC(C)Oc1ccc(SCN2CCNCC2)cc1. The highest BCUT2D eigenvalue weighted by Crippen LogP contribution is 2.22. The summed E-state index contributed by atoms with van der Waals surface area (Å²) in [7, 11) is 0. The lowest BCUT2D eigenvalue weighted by Crippen LogP contribution is -2.43. The number of rotatable bonds is 5. The van der Waals surface area contributed by atoms with Crippen molar-refractivity contribution in [2.75, 3.05) is 32.1 Å². The van der Waals surface area contributed by atoms with Gasteiger partial charge in [0.2, 0.25) is 0 Å². The first-order chi connectivity index (χ1) is 8.74. The summed E-state index contributed by atoms with van der Waals surface area (Å²) >= 11 is 1.90. The number of hydrogen-bond donors (Lipinski definition) is 1. The second-order valence-electron chi connectivity index (χ2n) is 4.78. The normalized spacial score (nSPS) is 17.1. The van der Waals surface area contributed by atoms with Crippen molar-refractivity contribution >= 4 is 11.8 Å². The van der Waals surface area contributed by atoms with Crippen molar-refractivity contribution in [2.24, 2.45) is 0 Å². The van der Waals surface area contributed by atoms with Crippen molar-refractivity contribution in [3.63, 3.8) is 0 Å². The van der Waals surface area contributed by atoms with Gasteiger partial charge in [-0.25, -0.2) is 0 Å². The molecule has 1 fully saturated rings. The lowest BCUT2D eigenvalue weighted by molar-refractivity contribution is 0.242. The van der Waals surface area contributed by atoms with E-state index in [4.69, 9.17) is 4.74 Å². The van der Waals surface area contributed by atoms with Crippen LogP contribution in [-0.4, -0.2) is 43.1 Å². The quantitative estimate of drug-likeness (QED) is 0.827. The van der Waals surface area contributed by atoms with Gasteiger partial charge in [0.05, 0.1) is 6.10 Å². The highest BCUT2D eigenvalue weighted by Gasteiger charge is 2.09. The van der Waals surface area contributed by atoms with E-state index in [9.17, 15) is 0 Å². The Bertz CT molecular complexity index is 347. The molecule has 0 bridgehead atoms. The van der Waals surface area contributed by atoms with Crippen LogP contribution in [0.15, 0.2) is 29.2 Å². The van der Waals surface area contributed by atoms with Crippen LogP contribution in [0.25, 0.3) is 0 Å². The van der Waals surface area contributed by atoms with Crippen molar-refractivity contribution in [3.05, 3.63) is 24.3 Å². The molecule has 0 aromatic heterocycles. The minimum absolute atomic E-state index is 0.240. The van der Waals surface area contributed by atoms with Gasteiger partial charge < -0.3 is 10.1 Å². The maximum atomic E-state index is 5.64. The number of ether oxygens (including phenoxy) is 1. The van der Waals surface area contributed by atoms with Crippen LogP contribution < -0.4 is 10.1 Å². The van der Waals surface area contributed by atoms with Crippen LogP contribution in [0.1, 0.15) is 13.8 Å². The van der Waals surface area contributed by atoms with E-state index in [0.717, 1.165) is 37.8 Å². The van der Waals surface area contributed by atoms with Crippen molar-refractivity contribution in [1.82, 2.24) is 10.2 Å². The summed E-state index contributed by atoms with van der Waals surface area (Å²) in [5.74, 6) is 2.03. The first-order valence-corrected chi connectivity index (χ1v) is 7.55. The zero-order valence-electron chi connectivity index (χ0n) is 11.2. The summed E-state index contributed by atoms with van der Waals surface area (Å²) in [6.45, 7) is 8.63. The highest BCUT2D eigenvalue weighted by atomic mass is 32.2. The van der Waals surface area contributed by atoms with Gasteiger partial charge in [-0.1, -0.05) is 0 Å². The van der Waals surface area contributed by atoms with Gasteiger partial charge in [0.15, 0.2) is 0 Å². The summed E-state index contributed by atoms with van der Waals surface area (Å²) in [6, 6.07) is 8.40. The van der Waals surface area contributed by atoms with Crippen LogP contribution in [-0.2, 0) is 0 Å². The van der Waals surface area contributed by atoms with Gasteiger partial charge in [-0.3, -0.25) is 4.90 Å². The van der Waals surface area contributed by atoms with E-state index in [-0.39, 0.29) is 6.10 Å². The summed E-state index contributed by atoms with van der Waals surface area (Å²) in [6.07, 6.45) is 0.240. The molecule has 1 aliphatic heterocycles. The smallest absolute Gasteiger partial charge is 0.119 e. The van der Waals surface area contributed by atoms with Crippen molar-refractivity contribution < 1.29 is 4.74 Å². The predicted molar refractivity (Wildman–Crippen MR) is 77.4 cm³/mol. The van der Waals surface area contributed by atoms with Crippen molar-refractivity contribution in [2.45, 2.75) is 24.8 Å². The molecular weight excluding hydrogens is 244 g/mol. The van der Waals surface area contributed by atoms with E-state index in [0.29, 0.717) is 0 Å². The Labute approximate surface area is 114 Å². The Morgan fingerprint density at radius 3 is 2.50 bits per heavy atom. The zero-order valence-corrected chi connectivity index (χ0v) is 12.0. The lowest BCUT2D eigenvalue weighted by Gasteiger charge is -2.26. The lowest BCUT2D eigenvalue weighted by atomic mass is 10.3. The molecule has 1 heterocycles. The second-order valence-corrected chi connectivity index (χ2v) is 5.80. The Morgan fingerprint density at radius 2 is 1.89 bits per heavy atom. The Kier molecular flexibility index (Phi) is 5.35. The molecule has 18 heavy (non-hydrogen) atoms. The Morgan fingerprint density at radius 1 is 1.22 bits per heavy atom. The van der Waals surface area contributed by atoms with Crippen molar-refractivity contribution in [3.8, 4) is 5.75 Å². The monoisotopic (exact) mass is 266 g/mol. The number of thioether (sulfide) groups is 1. The third kappa shape index (κ3) is 4.52. The van der Waals surface area contributed by atoms with Crippen LogP contribution in [0.2, 0.25) is 0 Å². The molecule has 1 saturated heterocycles. The Hall–Kier alpha value is -0.710. The molecule has 0 amide bonds. The first-order valence-electron chi connectivity index (χ1n) is 6.56. The van der Waals surface area contributed by atoms with Gasteiger partial charge in [-0.15, -0.1) is 11.8 Å². The fraction of sp³-hybridized carbons (Fsp3) is 0.571. The third-order valence-electron chi connectivity index (χ3n) is 2.82. The molecule has 1 aliphatic rings. The maximum Gasteiger partial charge on any atom is 0.119 e. The van der Waals surface area contributed by atoms with Gasteiger partial charge in [-0.2, -0.15) is 0 Å². The minimum Gasteiger partial charge on any atom is -0.491 e. The molecule has 0 saturated carbocycles. The van der Waals surface area contributed by atoms with E-state index in [1.165, 1.54) is 4.90 Å². The number of hydrogen-bond acceptors (Lipinski definition) is 4. The molecule has 0 radical (unpaired) electrons. The molecule has 3 nitrogen and oxygen atoms in total. The second kappa shape index (κ2) is 7.02. The molecule has 100 valence electrons. The average molecular weight is 266 g/mol. The third-order valence-corrected chi connectivity index (χ3v) is 3.92. The number of nitrogens with zero attached hydrogens (tertiary/aromatic N) is 1. The largest absolute Gasteiger partial charge is 0.491 e. The van der Waals surface area contributed by atoms with Crippen molar-refractivity contribution in [1.29, 1.82) is 0 Å². The van der Waals surface area contributed by atoms with Crippen LogP contribution >= 0.6 is 11.8 Å². The molecule has 0 spiro atoms. The number of piperazine rings is 1. The minimum atomic E-state index is 0.240. The van der Waals surface area contributed by atoms with Gasteiger partial charge in [0, 0.05) is 37.0 Å². The standard InChI is InChI=1S/C14H22N2OS/c1-12(2)17-13-3-5-14(6-4-13)18-11-16-9-7-15-8-10-16/h3-6,12,15H,7-11H2,1-2H3. The highest BCUT2D eigenvalue weighted by molar-refractivity contribution is 7.99. The van der Waals surface area contributed by atoms with Gasteiger partial charge in [-0.05, 0) is 38.1 Å². The maximum absolute atomic E-state index is 5.64. The summed E-state index contributed by atoms with van der Waals surface area (Å²) in [5, 5.41) is 3.37. The first kappa shape index (κ1) is 13.7. The molecule has 0 atom stereocenters. The number of benzene rings is 1. The fourth-order valence-electron chi connectivity index (χ4n) is 1.89. The molecule has 1 aromatic carbocycles. The van der Waals surface area contributed by atoms with E-state index >= 15 is 0 Å². The van der Waals surface area contributed by atoms with E-state index in [1.54, 1.807) is 0 Å². The molecule has 2 rings (SSSR count). The predicted octanol–water partition coefficient (Wildman–Crippen LogP) is 2.43. The molecule has 0 aliphatic carbocycles. The number of nitrogens with one attached hydrogen (secondary N) is 1. The van der Waals surface area contributed by atoms with Crippen LogP contribution in [0, 0.1) is 0 Å². The summed E-state index contributed by atoms with van der Waals surface area (Å²) in [5.41, 5.74) is 0. The van der Waals surface area contributed by atoms with Gasteiger partial charge >= 0.3 is 0 Å². The molecule has 1 N–H and O–H groups in total. The molecular formula is C14H22N2OS. The zero-order chi connectivity index (χ0) is 12.8. The van der Waals surface area contributed by atoms with Gasteiger partial charge in [0.1, 0.15) is 5.75 Å². The van der Waals surface area contributed by atoms with E-state index in [2.05, 4.69) is 34.5 Å². The average Bonchev–Trinajstić information content (AvgIpc) is 2.38. The molecule has 0 unspecified atom stereocenters. The van der Waals surface area contributed by atoms with Crippen LogP contribution in [0.3, 0.4) is 0 Å². The topological polar surface area (TPSA) is 24.5 Å². The van der Waals surface area contributed by atoms with E-state index < -0.39 is 0 Å². The van der Waals surface area contributed by atoms with Crippen LogP contribution in [0.4, 0.5) is 0 Å². The fourth-order valence-corrected chi connectivity index (χ4v) is 2.81. The molecule has 4 heteroatoms. The summed E-state index contributed by atoms with van der Waals surface area (Å²) in [4.78, 5) is 3.80.